The van der Waals surface area contributed by atoms with Crippen LogP contribution in [0.1, 0.15) is 40.2 Å². The molecule has 1 saturated heterocycles. The number of benzene rings is 4. The number of nitrogens with one attached hydrogen (secondary N) is 1. The van der Waals surface area contributed by atoms with Gasteiger partial charge in [0.2, 0.25) is 5.91 Å². The van der Waals surface area contributed by atoms with Gasteiger partial charge in [0.05, 0.1) is 23.3 Å². The largest absolute Gasteiger partial charge is 0.347 e. The normalized spacial score (nSPS) is 19.9. The van der Waals surface area contributed by atoms with Crippen molar-refractivity contribution in [2.45, 2.75) is 42.3 Å². The van der Waals surface area contributed by atoms with Crippen LogP contribution in [0.2, 0.25) is 5.02 Å². The fourth-order valence-electron chi connectivity index (χ4n) is 5.62. The Kier molecular flexibility index (Phi) is 7.75. The molecule has 7 nitrogen and oxygen atoms in total. The number of rotatable bonds is 9. The summed E-state index contributed by atoms with van der Waals surface area (Å²) in [4.78, 5) is 27.8. The number of nitrogens with zero attached hydrogens (tertiary/aromatic N) is 2. The molecule has 0 radical (unpaired) electrons. The van der Waals surface area contributed by atoms with Gasteiger partial charge in [-0.1, -0.05) is 90.5 Å². The molecular weight excluding hydrogens is 570 g/mol. The molecular formula is C33H30ClN3O4S. The first-order valence-electron chi connectivity index (χ1n) is 13.9. The zero-order chi connectivity index (χ0) is 29.3. The average molecular weight is 600 g/mol. The molecule has 4 aromatic carbocycles. The number of para-hydroxylation sites is 1. The second-order valence-electron chi connectivity index (χ2n) is 10.7. The summed E-state index contributed by atoms with van der Waals surface area (Å²) in [6.07, 6.45) is 1.12. The lowest BCUT2D eigenvalue weighted by Crippen LogP contribution is -2.38. The molecule has 4 aromatic rings. The van der Waals surface area contributed by atoms with Gasteiger partial charge in [-0.3, -0.25) is 13.9 Å². The number of carbonyl (C=O) groups excluding carboxylic acids is 2. The van der Waals surface area contributed by atoms with Crippen molar-refractivity contribution >= 4 is 39.1 Å². The molecule has 214 valence electrons. The Balaban J connectivity index is 1.20. The van der Waals surface area contributed by atoms with Crippen molar-refractivity contribution in [1.82, 2.24) is 10.2 Å². The van der Waals surface area contributed by atoms with Gasteiger partial charge >= 0.3 is 0 Å². The third kappa shape index (κ3) is 5.78. The highest BCUT2D eigenvalue weighted by atomic mass is 35.5. The van der Waals surface area contributed by atoms with Crippen LogP contribution in [0.4, 0.5) is 5.69 Å². The molecule has 1 aliphatic carbocycles. The van der Waals surface area contributed by atoms with Crippen molar-refractivity contribution in [2.75, 3.05) is 10.8 Å². The van der Waals surface area contributed by atoms with Gasteiger partial charge in [-0.05, 0) is 47.9 Å². The van der Waals surface area contributed by atoms with E-state index >= 15 is 0 Å². The molecule has 3 atom stereocenters. The monoisotopic (exact) mass is 599 g/mol. The maximum Gasteiger partial charge on any atom is 0.266 e. The van der Waals surface area contributed by atoms with E-state index in [4.69, 9.17) is 11.6 Å². The lowest BCUT2D eigenvalue weighted by Gasteiger charge is -2.25. The molecule has 0 aromatic heterocycles. The predicted molar refractivity (Wildman–Crippen MR) is 163 cm³/mol. The summed E-state index contributed by atoms with van der Waals surface area (Å²) in [7, 11) is -4.16. The van der Waals surface area contributed by atoms with Gasteiger partial charge < -0.3 is 10.2 Å². The summed E-state index contributed by atoms with van der Waals surface area (Å²) < 4.78 is 29.4. The highest BCUT2D eigenvalue weighted by molar-refractivity contribution is 7.93. The van der Waals surface area contributed by atoms with Crippen molar-refractivity contribution in [3.05, 3.63) is 131 Å². The van der Waals surface area contributed by atoms with E-state index < -0.39 is 15.9 Å². The number of amides is 2. The van der Waals surface area contributed by atoms with Crippen LogP contribution in [0.25, 0.3) is 0 Å². The summed E-state index contributed by atoms with van der Waals surface area (Å²) >= 11 is 6.45. The van der Waals surface area contributed by atoms with Crippen LogP contribution in [0, 0.1) is 0 Å². The van der Waals surface area contributed by atoms with Crippen molar-refractivity contribution < 1.29 is 18.0 Å². The van der Waals surface area contributed by atoms with E-state index in [0.717, 1.165) is 12.0 Å². The van der Waals surface area contributed by atoms with E-state index in [1.165, 1.54) is 28.1 Å². The van der Waals surface area contributed by atoms with E-state index in [-0.39, 0.29) is 46.4 Å². The molecule has 2 amide bonds. The van der Waals surface area contributed by atoms with Crippen molar-refractivity contribution in [3.63, 3.8) is 0 Å². The Morgan fingerprint density at radius 1 is 0.905 bits per heavy atom. The quantitative estimate of drug-likeness (QED) is 0.270. The molecule has 3 unspecified atom stereocenters. The molecule has 9 heteroatoms. The summed E-state index contributed by atoms with van der Waals surface area (Å²) in [6.45, 7) is 0.515. The van der Waals surface area contributed by atoms with Gasteiger partial charge in [-0.2, -0.15) is 0 Å². The SMILES string of the molecule is O=C(NC1CC(=O)N(C2CC2c2ccccc2)C1)c1ccc(Cl)c(S(=O)(=O)N(Cc2ccccc2)c2ccccc2)c1. The Hall–Kier alpha value is -4.14. The molecule has 0 bridgehead atoms. The Morgan fingerprint density at radius 3 is 2.24 bits per heavy atom. The Bertz CT molecular complexity index is 1700. The molecule has 6 rings (SSSR count). The number of carbonyl (C=O) groups is 2. The van der Waals surface area contributed by atoms with Gasteiger partial charge in [0, 0.05) is 30.5 Å². The molecule has 42 heavy (non-hydrogen) atoms. The first-order valence-corrected chi connectivity index (χ1v) is 15.7. The predicted octanol–water partition coefficient (Wildman–Crippen LogP) is 5.62. The first-order chi connectivity index (χ1) is 20.3. The van der Waals surface area contributed by atoms with Crippen LogP contribution in [0.5, 0.6) is 0 Å². The zero-order valence-electron chi connectivity index (χ0n) is 22.8. The molecule has 1 aliphatic heterocycles. The minimum absolute atomic E-state index is 0.0162. The van der Waals surface area contributed by atoms with Crippen molar-refractivity contribution in [1.29, 1.82) is 0 Å². The van der Waals surface area contributed by atoms with Gasteiger partial charge in [0.25, 0.3) is 15.9 Å². The third-order valence-corrected chi connectivity index (χ3v) is 10.1. The maximum absolute atomic E-state index is 14.1. The fourth-order valence-corrected chi connectivity index (χ4v) is 7.58. The Labute approximate surface area is 250 Å². The second kappa shape index (κ2) is 11.6. The number of hydrogen-bond donors (Lipinski definition) is 1. The van der Waals surface area contributed by atoms with Crippen LogP contribution < -0.4 is 9.62 Å². The Morgan fingerprint density at radius 2 is 1.55 bits per heavy atom. The van der Waals surface area contributed by atoms with Gasteiger partial charge in [-0.15, -0.1) is 0 Å². The number of likely N-dealkylation sites (tertiary alicyclic amines) is 1. The summed E-state index contributed by atoms with van der Waals surface area (Å²) in [5.41, 5.74) is 2.65. The van der Waals surface area contributed by atoms with Crippen LogP contribution in [-0.4, -0.2) is 43.8 Å². The zero-order valence-corrected chi connectivity index (χ0v) is 24.3. The topological polar surface area (TPSA) is 86.8 Å². The molecule has 1 heterocycles. The maximum atomic E-state index is 14.1. The molecule has 1 saturated carbocycles. The van der Waals surface area contributed by atoms with Crippen molar-refractivity contribution in [3.8, 4) is 0 Å². The second-order valence-corrected chi connectivity index (χ2v) is 13.0. The third-order valence-electron chi connectivity index (χ3n) is 7.85. The van der Waals surface area contributed by atoms with Gasteiger partial charge in [-0.25, -0.2) is 8.42 Å². The minimum Gasteiger partial charge on any atom is -0.347 e. The molecule has 1 N–H and O–H groups in total. The highest BCUT2D eigenvalue weighted by Gasteiger charge is 2.48. The van der Waals surface area contributed by atoms with E-state index in [9.17, 15) is 18.0 Å². The van der Waals surface area contributed by atoms with Gasteiger partial charge in [0.1, 0.15) is 4.90 Å². The van der Waals surface area contributed by atoms with E-state index in [0.29, 0.717) is 18.2 Å². The van der Waals surface area contributed by atoms with E-state index in [1.54, 1.807) is 24.3 Å². The minimum atomic E-state index is -4.16. The lowest BCUT2D eigenvalue weighted by molar-refractivity contribution is -0.128. The van der Waals surface area contributed by atoms with Crippen LogP contribution in [-0.2, 0) is 21.4 Å². The summed E-state index contributed by atoms with van der Waals surface area (Å²) in [5.74, 6) is -0.118. The first kappa shape index (κ1) is 28.0. The van der Waals surface area contributed by atoms with E-state index in [1.807, 2.05) is 59.5 Å². The summed E-state index contributed by atoms with van der Waals surface area (Å²) in [6, 6.07) is 32.2. The standard InChI is InChI=1S/C33H30ClN3O4S/c34-29-17-16-25(33(39)35-26-19-32(38)36(22-26)30-20-28(30)24-12-6-2-7-13-24)18-31(29)42(40,41)37(27-14-8-3-9-15-27)21-23-10-4-1-5-11-23/h1-18,26,28,30H,19-22H2,(H,35,39). The number of anilines is 1. The molecule has 0 spiro atoms. The van der Waals surface area contributed by atoms with Crippen LogP contribution in [0.15, 0.2) is 114 Å². The molecule has 2 aliphatic rings. The van der Waals surface area contributed by atoms with Gasteiger partial charge in [0.15, 0.2) is 0 Å². The number of halogens is 1. The smallest absolute Gasteiger partial charge is 0.266 e. The van der Waals surface area contributed by atoms with Crippen molar-refractivity contribution in [2.24, 2.45) is 0 Å². The van der Waals surface area contributed by atoms with E-state index in [2.05, 4.69) is 17.4 Å². The summed E-state index contributed by atoms with van der Waals surface area (Å²) in [5, 5.41) is 2.96. The number of sulfonamides is 1. The highest BCUT2D eigenvalue weighted by Crippen LogP contribution is 2.46. The average Bonchev–Trinajstić information content (AvgIpc) is 3.72. The number of hydrogen-bond acceptors (Lipinski definition) is 4. The molecule has 2 fully saturated rings. The lowest BCUT2D eigenvalue weighted by atomic mass is 10.1. The van der Waals surface area contributed by atoms with Crippen LogP contribution >= 0.6 is 11.6 Å². The fraction of sp³-hybridized carbons (Fsp3) is 0.212. The van der Waals surface area contributed by atoms with Crippen LogP contribution in [0.3, 0.4) is 0 Å².